The molecule has 9 heteroatoms. The number of rotatable bonds is 6. The minimum atomic E-state index is -3.76. The van der Waals surface area contributed by atoms with Crippen molar-refractivity contribution in [2.24, 2.45) is 5.41 Å². The second kappa shape index (κ2) is 8.10. The summed E-state index contributed by atoms with van der Waals surface area (Å²) in [5.41, 5.74) is 0.401. The Morgan fingerprint density at radius 3 is 2.44 bits per heavy atom. The largest absolute Gasteiger partial charge is 0.465 e. The van der Waals surface area contributed by atoms with Crippen LogP contribution < -0.4 is 10.0 Å². The molecule has 146 valence electrons. The van der Waals surface area contributed by atoms with Crippen molar-refractivity contribution in [2.45, 2.75) is 31.5 Å². The monoisotopic (exact) mass is 410 g/mol. The lowest BCUT2D eigenvalue weighted by Gasteiger charge is -2.18. The molecule has 1 aromatic carbocycles. The number of sulfonamides is 1. The molecule has 0 saturated heterocycles. The lowest BCUT2D eigenvalue weighted by atomic mass is 9.95. The van der Waals surface area contributed by atoms with Gasteiger partial charge in [-0.2, -0.15) is 0 Å². The highest BCUT2D eigenvalue weighted by molar-refractivity contribution is 7.94. The maximum Gasteiger partial charge on any atom is 0.337 e. The van der Waals surface area contributed by atoms with Crippen LogP contribution in [0.25, 0.3) is 0 Å². The number of hydrogen-bond acceptors (Lipinski definition) is 6. The zero-order chi connectivity index (χ0) is 20.2. The fourth-order valence-electron chi connectivity index (χ4n) is 2.16. The van der Waals surface area contributed by atoms with Gasteiger partial charge in [0.15, 0.2) is 0 Å². The van der Waals surface area contributed by atoms with Crippen LogP contribution in [0.4, 0.5) is 5.69 Å². The van der Waals surface area contributed by atoms with Crippen molar-refractivity contribution in [3.05, 3.63) is 46.8 Å². The third kappa shape index (κ3) is 5.54. The van der Waals surface area contributed by atoms with E-state index in [1.54, 1.807) is 44.4 Å². The van der Waals surface area contributed by atoms with Crippen molar-refractivity contribution in [1.82, 2.24) is 5.32 Å². The Morgan fingerprint density at radius 1 is 1.19 bits per heavy atom. The molecule has 0 radical (unpaired) electrons. The van der Waals surface area contributed by atoms with Crippen molar-refractivity contribution in [1.29, 1.82) is 0 Å². The first kappa shape index (κ1) is 20.9. The van der Waals surface area contributed by atoms with E-state index in [9.17, 15) is 18.0 Å². The summed E-state index contributed by atoms with van der Waals surface area (Å²) < 4.78 is 32.2. The molecule has 2 aromatic rings. The molecule has 0 aliphatic rings. The van der Waals surface area contributed by atoms with Crippen LogP contribution in [0.2, 0.25) is 0 Å². The number of methoxy groups -OCH3 is 1. The van der Waals surface area contributed by atoms with E-state index in [0.717, 1.165) is 11.3 Å². The van der Waals surface area contributed by atoms with Crippen molar-refractivity contribution in [3.8, 4) is 0 Å². The molecule has 0 aliphatic heterocycles. The van der Waals surface area contributed by atoms with Gasteiger partial charge in [0.2, 0.25) is 5.91 Å². The number of carbonyl (C=O) groups excluding carboxylic acids is 2. The van der Waals surface area contributed by atoms with Gasteiger partial charge in [0.05, 0.1) is 18.4 Å². The molecule has 2 N–H and O–H groups in total. The van der Waals surface area contributed by atoms with E-state index in [1.165, 1.54) is 19.2 Å². The maximum atomic E-state index is 12.4. The fraction of sp³-hybridized carbons (Fsp3) is 0.333. The van der Waals surface area contributed by atoms with E-state index < -0.39 is 21.4 Å². The van der Waals surface area contributed by atoms with Crippen LogP contribution in [0.3, 0.4) is 0 Å². The number of ether oxygens (including phenoxy) is 1. The Bertz CT molecular complexity index is 929. The van der Waals surface area contributed by atoms with E-state index >= 15 is 0 Å². The Hall–Kier alpha value is -2.39. The summed E-state index contributed by atoms with van der Waals surface area (Å²) in [6.07, 6.45) is 0. The molecule has 1 aromatic heterocycles. The topological polar surface area (TPSA) is 102 Å². The molecule has 1 amide bonds. The first-order valence-corrected chi connectivity index (χ1v) is 10.5. The number of thiophene rings is 1. The van der Waals surface area contributed by atoms with Gasteiger partial charge in [-0.05, 0) is 35.2 Å². The van der Waals surface area contributed by atoms with E-state index in [4.69, 9.17) is 4.74 Å². The van der Waals surface area contributed by atoms with Gasteiger partial charge in [-0.25, -0.2) is 13.2 Å². The SMILES string of the molecule is COC(=O)c1cc(CNC(=O)C(C)(C)C)cc(NS(=O)(=O)c2cccs2)c1. The minimum Gasteiger partial charge on any atom is -0.465 e. The summed E-state index contributed by atoms with van der Waals surface area (Å²) in [6.45, 7) is 5.50. The van der Waals surface area contributed by atoms with Gasteiger partial charge in [0, 0.05) is 12.0 Å². The van der Waals surface area contributed by atoms with E-state index in [2.05, 4.69) is 10.0 Å². The molecule has 0 spiro atoms. The molecule has 0 unspecified atom stereocenters. The summed E-state index contributed by atoms with van der Waals surface area (Å²) in [6, 6.07) is 7.64. The van der Waals surface area contributed by atoms with E-state index in [0.29, 0.717) is 5.56 Å². The number of anilines is 1. The Balaban J connectivity index is 2.31. The van der Waals surface area contributed by atoms with Gasteiger partial charge in [-0.3, -0.25) is 9.52 Å². The van der Waals surface area contributed by atoms with Crippen LogP contribution in [0, 0.1) is 5.41 Å². The number of carbonyl (C=O) groups is 2. The van der Waals surface area contributed by atoms with Crippen molar-refractivity contribution < 1.29 is 22.7 Å². The summed E-state index contributed by atoms with van der Waals surface area (Å²) in [4.78, 5) is 24.0. The highest BCUT2D eigenvalue weighted by Crippen LogP contribution is 2.23. The van der Waals surface area contributed by atoms with Crippen molar-refractivity contribution in [2.75, 3.05) is 11.8 Å². The van der Waals surface area contributed by atoms with Crippen LogP contribution in [-0.4, -0.2) is 27.4 Å². The van der Waals surface area contributed by atoms with Crippen molar-refractivity contribution >= 4 is 38.9 Å². The summed E-state index contributed by atoms with van der Waals surface area (Å²) in [5, 5.41) is 4.43. The van der Waals surface area contributed by atoms with Crippen LogP contribution in [0.1, 0.15) is 36.7 Å². The van der Waals surface area contributed by atoms with Crippen molar-refractivity contribution in [3.63, 3.8) is 0 Å². The predicted molar refractivity (Wildman–Crippen MR) is 104 cm³/mol. The van der Waals surface area contributed by atoms with Gasteiger partial charge < -0.3 is 10.1 Å². The average molecular weight is 411 g/mol. The third-order valence-corrected chi connectivity index (χ3v) is 6.34. The second-order valence-electron chi connectivity index (χ2n) is 6.88. The Morgan fingerprint density at radius 2 is 1.89 bits per heavy atom. The molecule has 0 fully saturated rings. The summed E-state index contributed by atoms with van der Waals surface area (Å²) >= 11 is 1.09. The summed E-state index contributed by atoms with van der Waals surface area (Å²) in [7, 11) is -2.52. The molecule has 0 bridgehead atoms. The Labute approximate surface area is 162 Å². The van der Waals surface area contributed by atoms with Gasteiger partial charge in [0.1, 0.15) is 4.21 Å². The molecular weight excluding hydrogens is 388 g/mol. The normalized spacial score (nSPS) is 11.7. The average Bonchev–Trinajstić information content (AvgIpc) is 3.13. The lowest BCUT2D eigenvalue weighted by Crippen LogP contribution is -2.34. The van der Waals surface area contributed by atoms with Gasteiger partial charge in [-0.1, -0.05) is 26.8 Å². The van der Waals surface area contributed by atoms with Gasteiger partial charge >= 0.3 is 5.97 Å². The molecular formula is C18H22N2O5S2. The van der Waals surface area contributed by atoms with Crippen LogP contribution in [0.15, 0.2) is 39.9 Å². The second-order valence-corrected chi connectivity index (χ2v) is 9.74. The zero-order valence-electron chi connectivity index (χ0n) is 15.5. The summed E-state index contributed by atoms with van der Waals surface area (Å²) in [5.74, 6) is -0.762. The number of hydrogen-bond donors (Lipinski definition) is 2. The molecule has 0 atom stereocenters. The predicted octanol–water partition coefficient (Wildman–Crippen LogP) is 3.00. The van der Waals surface area contributed by atoms with Gasteiger partial charge in [0.25, 0.3) is 10.0 Å². The number of nitrogens with one attached hydrogen (secondary N) is 2. The molecule has 7 nitrogen and oxygen atoms in total. The van der Waals surface area contributed by atoms with E-state index in [1.807, 2.05) is 0 Å². The highest BCUT2D eigenvalue weighted by Gasteiger charge is 2.21. The maximum absolute atomic E-state index is 12.4. The first-order chi connectivity index (χ1) is 12.5. The zero-order valence-corrected chi connectivity index (χ0v) is 17.2. The third-order valence-electron chi connectivity index (χ3n) is 3.56. The van der Waals surface area contributed by atoms with Crippen LogP contribution >= 0.6 is 11.3 Å². The van der Waals surface area contributed by atoms with Crippen LogP contribution in [-0.2, 0) is 26.1 Å². The minimum absolute atomic E-state index is 0.147. The van der Waals surface area contributed by atoms with Crippen LogP contribution in [0.5, 0.6) is 0 Å². The molecule has 1 heterocycles. The molecule has 2 rings (SSSR count). The van der Waals surface area contributed by atoms with E-state index in [-0.39, 0.29) is 27.9 Å². The standard InChI is InChI=1S/C18H22N2O5S2/c1-18(2,3)17(22)19-11-12-8-13(16(21)25-4)10-14(9-12)20-27(23,24)15-6-5-7-26-15/h5-10,20H,11H2,1-4H3,(H,19,22). The molecule has 0 saturated carbocycles. The van der Waals surface area contributed by atoms with Gasteiger partial charge in [-0.15, -0.1) is 11.3 Å². The smallest absolute Gasteiger partial charge is 0.337 e. The lowest BCUT2D eigenvalue weighted by molar-refractivity contribution is -0.128. The number of amides is 1. The molecule has 27 heavy (non-hydrogen) atoms. The highest BCUT2D eigenvalue weighted by atomic mass is 32.2. The first-order valence-electron chi connectivity index (χ1n) is 8.10. The quantitative estimate of drug-likeness (QED) is 0.713. The number of esters is 1. The fourth-order valence-corrected chi connectivity index (χ4v) is 4.19. The Kier molecular flexibility index (Phi) is 6.27. The number of benzene rings is 1. The molecule has 0 aliphatic carbocycles.